The molecule has 0 N–H and O–H groups in total. The number of nitrogens with zero attached hydrogens (tertiary/aromatic N) is 12. The average molecular weight is 1910 g/mol. The zero-order valence-electron chi connectivity index (χ0n) is 80.9. The topological polar surface area (TPSA) is 155 Å². The lowest BCUT2D eigenvalue weighted by molar-refractivity contribution is 1.08. The summed E-state index contributed by atoms with van der Waals surface area (Å²) in [5.41, 5.74) is 18.4. The highest BCUT2D eigenvalue weighted by Gasteiger charge is 2.25. The molecule has 0 spiro atoms. The van der Waals surface area contributed by atoms with Gasteiger partial charge in [0, 0.05) is 84.8 Å². The lowest BCUT2D eigenvalue weighted by Crippen LogP contribution is -2.02. The smallest absolute Gasteiger partial charge is 0.165 e. The molecule has 6 heterocycles. The maximum absolute atomic E-state index is 5.37. The van der Waals surface area contributed by atoms with Crippen molar-refractivity contribution in [3.63, 3.8) is 0 Å². The van der Waals surface area contributed by atoms with Crippen LogP contribution in [0.2, 0.25) is 0 Å². The molecule has 0 amide bonds. The molecule has 0 saturated heterocycles. The second-order valence-electron chi connectivity index (χ2n) is 38.2. The fourth-order valence-electron chi connectivity index (χ4n) is 21.4. The maximum atomic E-state index is 5.37. The molecule has 0 saturated carbocycles. The van der Waals surface area contributed by atoms with Gasteiger partial charge in [-0.25, -0.2) is 44.9 Å². The summed E-state index contributed by atoms with van der Waals surface area (Å²) in [7, 11) is 0. The Labute approximate surface area is 861 Å². The van der Waals surface area contributed by atoms with Gasteiger partial charge in [-0.3, -0.25) is 15.0 Å². The summed E-state index contributed by atoms with van der Waals surface area (Å²) >= 11 is 0. The van der Waals surface area contributed by atoms with Crippen LogP contribution in [0.1, 0.15) is 0 Å². The molecule has 0 radical (unpaired) electrons. The van der Waals surface area contributed by atoms with Gasteiger partial charge >= 0.3 is 0 Å². The molecule has 0 aliphatic carbocycles. The number of fused-ring (bicyclic) bond motifs is 15. The summed E-state index contributed by atoms with van der Waals surface area (Å²) in [6.45, 7) is 0. The van der Waals surface area contributed by atoms with Crippen molar-refractivity contribution in [1.82, 2.24) is 59.8 Å². The van der Waals surface area contributed by atoms with Gasteiger partial charge in [-0.2, -0.15) is 0 Å². The summed E-state index contributed by atoms with van der Waals surface area (Å²) in [5.74, 6) is 5.79. The first-order valence-corrected chi connectivity index (χ1v) is 50.4. The van der Waals surface area contributed by atoms with Gasteiger partial charge in [-0.15, -0.1) is 0 Å². The monoisotopic (exact) mass is 1910 g/mol. The van der Waals surface area contributed by atoms with E-state index in [-0.39, 0.29) is 0 Å². The van der Waals surface area contributed by atoms with Gasteiger partial charge in [0.25, 0.3) is 0 Å². The summed E-state index contributed by atoms with van der Waals surface area (Å²) in [5, 5.41) is 31.2. The molecule has 0 bridgehead atoms. The normalized spacial score (nSPS) is 11.6. The number of hydrogen-bond donors (Lipinski definition) is 0. The molecule has 30 aromatic rings. The van der Waals surface area contributed by atoms with Crippen molar-refractivity contribution in [2.75, 3.05) is 0 Å². The summed E-state index contributed by atoms with van der Waals surface area (Å²) < 4.78 is 0. The summed E-state index contributed by atoms with van der Waals surface area (Å²) in [6.07, 6.45) is 5.49. The molecule has 0 aliphatic heterocycles. The van der Waals surface area contributed by atoms with Crippen LogP contribution < -0.4 is 0 Å². The van der Waals surface area contributed by atoms with E-state index in [1.807, 2.05) is 36.8 Å². The standard InChI is InChI=1S/3C46H28N4/c1-5-15-37-32(10-1)27-33-11-2-6-16-38(33)42(37)45-48-44(30-21-19-29(20-22-30)31-23-24-41-36(26-31)14-9-25-47-41)49-46(50-45)43-39-17-7-3-12-34(39)28-35-13-4-8-18-40(35)43;1-3-10-33-27-41-36(24-31(33)8-1)12-5-15-39(41)45-48-44(30-19-17-29(18-20-30)35-21-22-43-38(26-35)14-7-23-47-43)49-46(50-45)40-16-6-13-37-25-32-9-2-4-11-34(32)28-42(37)40;1-3-8-33-25-41-27-39(17-15-36(41)22-31(33)6-1)45-48-44(30-13-11-29(12-14-30)35-19-20-43-38(24-35)10-5-21-47-43)49-46(50-45)40-18-16-37-23-32-7-2-4-9-34(32)26-42(37)28-40/h3*1-28H. The van der Waals surface area contributed by atoms with E-state index in [4.69, 9.17) is 44.9 Å². The van der Waals surface area contributed by atoms with E-state index in [2.05, 4.69) is 488 Å². The highest BCUT2D eigenvalue weighted by Crippen LogP contribution is 2.44. The van der Waals surface area contributed by atoms with E-state index >= 15 is 0 Å². The van der Waals surface area contributed by atoms with Crippen molar-refractivity contribution in [3.8, 4) is 136 Å². The largest absolute Gasteiger partial charge is 0.256 e. The minimum Gasteiger partial charge on any atom is -0.256 e. The Kier molecular flexibility index (Phi) is 21.6. The number of rotatable bonds is 12. The Morgan fingerprint density at radius 2 is 0.313 bits per heavy atom. The van der Waals surface area contributed by atoms with Gasteiger partial charge < -0.3 is 0 Å². The molecule has 24 aromatic carbocycles. The lowest BCUT2D eigenvalue weighted by atomic mass is 9.95. The van der Waals surface area contributed by atoms with Gasteiger partial charge in [0.05, 0.1) is 16.6 Å². The highest BCUT2D eigenvalue weighted by molar-refractivity contribution is 6.15. The van der Waals surface area contributed by atoms with Crippen LogP contribution in [0, 0.1) is 0 Å². The first-order chi connectivity index (χ1) is 74.2. The van der Waals surface area contributed by atoms with E-state index < -0.39 is 0 Å². The second-order valence-corrected chi connectivity index (χ2v) is 38.2. The van der Waals surface area contributed by atoms with Gasteiger partial charge in [-0.05, 0) is 290 Å². The fraction of sp³-hybridized carbons (Fsp3) is 0. The van der Waals surface area contributed by atoms with Crippen LogP contribution in [0.25, 0.3) is 298 Å². The maximum Gasteiger partial charge on any atom is 0.165 e. The third-order valence-electron chi connectivity index (χ3n) is 29.0. The van der Waals surface area contributed by atoms with Gasteiger partial charge in [0.2, 0.25) is 0 Å². The quantitative estimate of drug-likeness (QED) is 0.107. The van der Waals surface area contributed by atoms with Crippen molar-refractivity contribution in [1.29, 1.82) is 0 Å². The minimum atomic E-state index is 0.633. The third-order valence-corrected chi connectivity index (χ3v) is 29.0. The van der Waals surface area contributed by atoms with Crippen LogP contribution in [0.15, 0.2) is 510 Å². The van der Waals surface area contributed by atoms with Crippen LogP contribution in [0.4, 0.5) is 0 Å². The molecule has 0 atom stereocenters. The molecular weight excluding hydrogens is 1830 g/mol. The second kappa shape index (κ2) is 37.1. The predicted octanol–water partition coefficient (Wildman–Crippen LogP) is 35.1. The Bertz CT molecular complexity index is 10200. The van der Waals surface area contributed by atoms with Crippen LogP contribution in [0.5, 0.6) is 0 Å². The van der Waals surface area contributed by atoms with Crippen molar-refractivity contribution in [2.45, 2.75) is 0 Å². The molecular formula is C138H84N12. The highest BCUT2D eigenvalue weighted by atomic mass is 15.1. The minimum absolute atomic E-state index is 0.633. The Morgan fingerprint density at radius 1 is 0.107 bits per heavy atom. The summed E-state index contributed by atoms with van der Waals surface area (Å²) in [4.78, 5) is 60.2. The molecule has 0 unspecified atom stereocenters. The molecule has 30 rings (SSSR count). The fourth-order valence-corrected chi connectivity index (χ4v) is 21.4. The first kappa shape index (κ1) is 87.5. The van der Waals surface area contributed by atoms with Crippen molar-refractivity contribution in [3.05, 3.63) is 510 Å². The summed E-state index contributed by atoms with van der Waals surface area (Å²) in [6, 6.07) is 173. The average Bonchev–Trinajstić information content (AvgIpc) is 0.735. The van der Waals surface area contributed by atoms with Crippen molar-refractivity contribution in [2.24, 2.45) is 0 Å². The van der Waals surface area contributed by atoms with E-state index in [9.17, 15) is 0 Å². The van der Waals surface area contributed by atoms with E-state index in [1.54, 1.807) is 0 Å². The van der Waals surface area contributed by atoms with E-state index in [0.29, 0.717) is 52.4 Å². The third kappa shape index (κ3) is 16.6. The molecule has 150 heavy (non-hydrogen) atoms. The molecule has 696 valence electrons. The van der Waals surface area contributed by atoms with Crippen LogP contribution in [-0.4, -0.2) is 59.8 Å². The van der Waals surface area contributed by atoms with Gasteiger partial charge in [-0.1, -0.05) is 364 Å². The van der Waals surface area contributed by atoms with Crippen molar-refractivity contribution < 1.29 is 0 Å². The van der Waals surface area contributed by atoms with E-state index in [0.717, 1.165) is 192 Å². The number of aromatic nitrogens is 12. The Balaban J connectivity index is 0.000000108. The predicted molar refractivity (Wildman–Crippen MR) is 621 cm³/mol. The first-order valence-electron chi connectivity index (χ1n) is 50.4. The molecule has 6 aromatic heterocycles. The van der Waals surface area contributed by atoms with Crippen LogP contribution in [-0.2, 0) is 0 Å². The molecule has 12 heteroatoms. The van der Waals surface area contributed by atoms with Crippen LogP contribution >= 0.6 is 0 Å². The molecule has 12 nitrogen and oxygen atoms in total. The van der Waals surface area contributed by atoms with Gasteiger partial charge in [0.15, 0.2) is 52.4 Å². The van der Waals surface area contributed by atoms with Crippen LogP contribution in [0.3, 0.4) is 0 Å². The SMILES string of the molecule is c1ccc2cc3c(-c4nc(-c5ccc(-c6ccc7ncccc7c6)cc5)nc(-c5cccc6cc7ccccc7cc56)n4)cccc3cc2c1.c1ccc2cc3cc(-c4nc(-c5ccc(-c6ccc7ncccc7c6)cc5)nc(-c5ccc6cc7ccccc7cc6c5)n4)ccc3cc2c1.c1cnc2ccc(-c3ccc(-c4nc(-c5c6ccccc6cc6ccccc56)nc(-c5c6ccccc6cc6ccccc56)n4)cc3)cc2c1. The van der Waals surface area contributed by atoms with Crippen molar-refractivity contribution >= 4 is 162 Å². The Morgan fingerprint density at radius 3 is 0.647 bits per heavy atom. The number of hydrogen-bond acceptors (Lipinski definition) is 12. The lowest BCUT2D eigenvalue weighted by Gasteiger charge is -2.15. The molecule has 0 fully saturated rings. The van der Waals surface area contributed by atoms with Gasteiger partial charge in [0.1, 0.15) is 0 Å². The number of pyridine rings is 3. The Hall–Kier alpha value is -20.3. The zero-order valence-corrected chi connectivity index (χ0v) is 80.9. The number of benzene rings is 24. The molecule has 0 aliphatic rings. The van der Waals surface area contributed by atoms with E-state index in [1.165, 1.54) is 53.9 Å². The zero-order chi connectivity index (χ0) is 99.1.